The lowest BCUT2D eigenvalue weighted by molar-refractivity contribution is -0.124. The van der Waals surface area contributed by atoms with E-state index >= 15 is 0 Å². The van der Waals surface area contributed by atoms with Crippen molar-refractivity contribution in [2.24, 2.45) is 0 Å². The Morgan fingerprint density at radius 3 is 1.56 bits per heavy atom. The number of Topliss-reactive ketones (excluding diaryl/α,β-unsaturated/α-hetero) is 2. The molecule has 0 rings (SSSR count). The van der Waals surface area contributed by atoms with E-state index in [0.29, 0.717) is 25.7 Å². The fraction of sp³-hybridized carbons (Fsp3) is 0.875. The largest absolute Gasteiger partial charge is 0.300 e. The quantitative estimate of drug-likeness (QED) is 0.440. The van der Waals surface area contributed by atoms with Crippen LogP contribution in [0.25, 0.3) is 0 Å². The van der Waals surface area contributed by atoms with E-state index in [4.69, 9.17) is 0 Å². The molecule has 0 radical (unpaired) electrons. The molecule has 0 bridgehead atoms. The van der Waals surface area contributed by atoms with Gasteiger partial charge in [-0.3, -0.25) is 9.59 Å². The molecule has 0 aliphatic heterocycles. The summed E-state index contributed by atoms with van der Waals surface area (Å²) < 4.78 is 0. The molecule has 0 aromatic heterocycles. The van der Waals surface area contributed by atoms with Crippen molar-refractivity contribution in [3.63, 3.8) is 0 Å². The number of unbranched alkanes of at least 4 members (excludes halogenated alkanes) is 6. The normalized spacial score (nSPS) is 10.6. The molecule has 0 saturated carbocycles. The Labute approximate surface area is 113 Å². The van der Waals surface area contributed by atoms with Gasteiger partial charge in [-0.15, -0.1) is 0 Å². The van der Waals surface area contributed by atoms with E-state index in [-0.39, 0.29) is 11.6 Å². The first-order valence-corrected chi connectivity index (χ1v) is 7.74. The third-order valence-corrected chi connectivity index (χ3v) is 3.30. The highest BCUT2D eigenvalue weighted by Crippen LogP contribution is 2.09. The summed E-state index contributed by atoms with van der Waals surface area (Å²) in [7, 11) is 0. The SMILES string of the molecule is CCCCCCCCC(=O)CCC(=O)CCCC. The summed E-state index contributed by atoms with van der Waals surface area (Å²) in [5, 5.41) is 0. The second-order valence-electron chi connectivity index (χ2n) is 5.20. The lowest BCUT2D eigenvalue weighted by atomic mass is 10.0. The van der Waals surface area contributed by atoms with Crippen LogP contribution in [-0.4, -0.2) is 11.6 Å². The van der Waals surface area contributed by atoms with E-state index < -0.39 is 0 Å². The average Bonchev–Trinajstić information content (AvgIpc) is 2.38. The molecular weight excluding hydrogens is 224 g/mol. The van der Waals surface area contributed by atoms with Crippen LogP contribution in [0.4, 0.5) is 0 Å². The maximum Gasteiger partial charge on any atom is 0.133 e. The Kier molecular flexibility index (Phi) is 12.3. The van der Waals surface area contributed by atoms with Crippen LogP contribution in [0.2, 0.25) is 0 Å². The van der Waals surface area contributed by atoms with E-state index in [0.717, 1.165) is 25.7 Å². The minimum atomic E-state index is 0.258. The molecule has 0 spiro atoms. The van der Waals surface area contributed by atoms with Crippen molar-refractivity contribution in [3.8, 4) is 0 Å². The molecule has 106 valence electrons. The number of ketones is 2. The van der Waals surface area contributed by atoms with Crippen molar-refractivity contribution < 1.29 is 9.59 Å². The number of hydrogen-bond donors (Lipinski definition) is 0. The molecule has 2 heteroatoms. The zero-order valence-electron chi connectivity index (χ0n) is 12.3. The zero-order valence-corrected chi connectivity index (χ0v) is 12.3. The van der Waals surface area contributed by atoms with E-state index in [1.807, 2.05) is 0 Å². The van der Waals surface area contributed by atoms with Crippen LogP contribution in [-0.2, 0) is 9.59 Å². The average molecular weight is 254 g/mol. The molecule has 18 heavy (non-hydrogen) atoms. The zero-order chi connectivity index (χ0) is 13.6. The topological polar surface area (TPSA) is 34.1 Å². The monoisotopic (exact) mass is 254 g/mol. The van der Waals surface area contributed by atoms with Crippen molar-refractivity contribution in [2.45, 2.75) is 90.9 Å². The second-order valence-corrected chi connectivity index (χ2v) is 5.20. The van der Waals surface area contributed by atoms with Gasteiger partial charge in [0.05, 0.1) is 0 Å². The fourth-order valence-corrected chi connectivity index (χ4v) is 2.01. The van der Waals surface area contributed by atoms with E-state index in [1.165, 1.54) is 25.7 Å². The van der Waals surface area contributed by atoms with Crippen molar-refractivity contribution in [3.05, 3.63) is 0 Å². The molecule has 0 fully saturated rings. The maximum atomic E-state index is 11.6. The lowest BCUT2D eigenvalue weighted by Gasteiger charge is -2.02. The molecule has 0 aromatic carbocycles. The van der Waals surface area contributed by atoms with Gasteiger partial charge < -0.3 is 0 Å². The molecule has 0 aliphatic rings. The second kappa shape index (κ2) is 12.8. The molecule has 0 amide bonds. The molecule has 0 heterocycles. The first-order valence-electron chi connectivity index (χ1n) is 7.74. The molecule has 0 aliphatic carbocycles. The molecule has 0 atom stereocenters. The number of rotatable bonds is 13. The van der Waals surface area contributed by atoms with Gasteiger partial charge in [0.2, 0.25) is 0 Å². The predicted molar refractivity (Wildman–Crippen MR) is 76.8 cm³/mol. The van der Waals surface area contributed by atoms with Crippen LogP contribution in [0.15, 0.2) is 0 Å². The van der Waals surface area contributed by atoms with Crippen molar-refractivity contribution >= 4 is 11.6 Å². The van der Waals surface area contributed by atoms with Gasteiger partial charge in [-0.2, -0.15) is 0 Å². The molecule has 0 N–H and O–H groups in total. The minimum Gasteiger partial charge on any atom is -0.300 e. The highest BCUT2D eigenvalue weighted by Gasteiger charge is 2.06. The predicted octanol–water partition coefficient (Wildman–Crippen LogP) is 4.85. The van der Waals surface area contributed by atoms with Crippen LogP contribution in [0.3, 0.4) is 0 Å². The molecule has 0 unspecified atom stereocenters. The lowest BCUT2D eigenvalue weighted by Crippen LogP contribution is -2.04. The van der Waals surface area contributed by atoms with Gasteiger partial charge in [-0.1, -0.05) is 52.4 Å². The van der Waals surface area contributed by atoms with Gasteiger partial charge in [0, 0.05) is 25.7 Å². The van der Waals surface area contributed by atoms with Crippen molar-refractivity contribution in [2.75, 3.05) is 0 Å². The van der Waals surface area contributed by atoms with E-state index in [1.54, 1.807) is 0 Å². The van der Waals surface area contributed by atoms with Crippen LogP contribution in [0.1, 0.15) is 90.9 Å². The van der Waals surface area contributed by atoms with Gasteiger partial charge in [-0.25, -0.2) is 0 Å². The highest BCUT2D eigenvalue weighted by atomic mass is 16.1. The van der Waals surface area contributed by atoms with Crippen molar-refractivity contribution in [1.82, 2.24) is 0 Å². The third-order valence-electron chi connectivity index (χ3n) is 3.30. The van der Waals surface area contributed by atoms with Crippen LogP contribution in [0.5, 0.6) is 0 Å². The highest BCUT2D eigenvalue weighted by molar-refractivity contribution is 5.85. The van der Waals surface area contributed by atoms with Crippen LogP contribution >= 0.6 is 0 Å². The summed E-state index contributed by atoms with van der Waals surface area (Å²) in [6, 6.07) is 0. The molecule has 2 nitrogen and oxygen atoms in total. The summed E-state index contributed by atoms with van der Waals surface area (Å²) >= 11 is 0. The summed E-state index contributed by atoms with van der Waals surface area (Å²) in [4.78, 5) is 23.0. The summed E-state index contributed by atoms with van der Waals surface area (Å²) in [5.41, 5.74) is 0. The van der Waals surface area contributed by atoms with Crippen LogP contribution in [0, 0.1) is 0 Å². The van der Waals surface area contributed by atoms with E-state index in [2.05, 4.69) is 13.8 Å². The van der Waals surface area contributed by atoms with Gasteiger partial charge >= 0.3 is 0 Å². The first kappa shape index (κ1) is 17.3. The summed E-state index contributed by atoms with van der Waals surface area (Å²) in [5.74, 6) is 0.531. The van der Waals surface area contributed by atoms with Gasteiger partial charge in [0.25, 0.3) is 0 Å². The standard InChI is InChI=1S/C16H30O2/c1-3-5-7-8-9-10-12-16(18)14-13-15(17)11-6-4-2/h3-14H2,1-2H3. The van der Waals surface area contributed by atoms with Gasteiger partial charge in [-0.05, 0) is 12.8 Å². The summed E-state index contributed by atoms with van der Waals surface area (Å²) in [6.07, 6.45) is 11.6. The minimum absolute atomic E-state index is 0.258. The number of carbonyl (C=O) groups excluding carboxylic acids is 2. The Morgan fingerprint density at radius 2 is 1.00 bits per heavy atom. The van der Waals surface area contributed by atoms with Crippen molar-refractivity contribution in [1.29, 1.82) is 0 Å². The molecule has 0 aromatic rings. The number of carbonyl (C=O) groups is 2. The Morgan fingerprint density at radius 1 is 0.556 bits per heavy atom. The maximum absolute atomic E-state index is 11.6. The first-order chi connectivity index (χ1) is 8.70. The Bertz CT molecular complexity index is 221. The fourth-order valence-electron chi connectivity index (χ4n) is 2.01. The Balaban J connectivity index is 3.34. The molecule has 0 saturated heterocycles. The number of hydrogen-bond acceptors (Lipinski definition) is 2. The van der Waals surface area contributed by atoms with Gasteiger partial charge in [0.15, 0.2) is 0 Å². The Hall–Kier alpha value is -0.660. The third kappa shape index (κ3) is 11.8. The smallest absolute Gasteiger partial charge is 0.133 e. The summed E-state index contributed by atoms with van der Waals surface area (Å²) in [6.45, 7) is 4.29. The molecular formula is C16H30O2. The van der Waals surface area contributed by atoms with Gasteiger partial charge in [0.1, 0.15) is 11.6 Å². The van der Waals surface area contributed by atoms with Crippen LogP contribution < -0.4 is 0 Å². The van der Waals surface area contributed by atoms with E-state index in [9.17, 15) is 9.59 Å².